The maximum atomic E-state index is 9.38. The molecule has 1 fully saturated rings. The van der Waals surface area contributed by atoms with Crippen LogP contribution in [0.5, 0.6) is 0 Å². The second-order valence-corrected chi connectivity index (χ2v) is 5.22. The Morgan fingerprint density at radius 2 is 2.24 bits per heavy atom. The van der Waals surface area contributed by atoms with Gasteiger partial charge in [-0.1, -0.05) is 20.8 Å². The Morgan fingerprint density at radius 1 is 1.47 bits per heavy atom. The summed E-state index contributed by atoms with van der Waals surface area (Å²) < 4.78 is 5.75. The van der Waals surface area contributed by atoms with E-state index in [9.17, 15) is 5.11 Å². The van der Waals surface area contributed by atoms with Gasteiger partial charge in [0, 0.05) is 38.3 Å². The molecule has 0 aromatic heterocycles. The summed E-state index contributed by atoms with van der Waals surface area (Å²) in [6.45, 7) is 10.5. The van der Waals surface area contributed by atoms with E-state index < -0.39 is 0 Å². The van der Waals surface area contributed by atoms with Crippen LogP contribution in [-0.4, -0.2) is 61.0 Å². The quantitative estimate of drug-likeness (QED) is 0.727. The summed E-state index contributed by atoms with van der Waals surface area (Å²) in [4.78, 5) is 2.41. The van der Waals surface area contributed by atoms with Gasteiger partial charge in [0.15, 0.2) is 0 Å². The van der Waals surface area contributed by atoms with E-state index in [1.165, 1.54) is 0 Å². The maximum absolute atomic E-state index is 9.38. The summed E-state index contributed by atoms with van der Waals surface area (Å²) in [5, 5.41) is 12.8. The van der Waals surface area contributed by atoms with E-state index in [0.717, 1.165) is 39.1 Å². The molecule has 102 valence electrons. The van der Waals surface area contributed by atoms with Crippen molar-refractivity contribution < 1.29 is 9.84 Å². The van der Waals surface area contributed by atoms with Crippen LogP contribution >= 0.6 is 0 Å². The molecule has 1 aliphatic rings. The summed E-state index contributed by atoms with van der Waals surface area (Å²) in [5.41, 5.74) is 0. The standard InChI is InChI=1S/C13H28N2O2/c1-4-13-9-15(6-5-7-17-13)8-12(10-16)14-11(2)3/h11-14,16H,4-10H2,1-3H3. The largest absolute Gasteiger partial charge is 0.395 e. The van der Waals surface area contributed by atoms with Gasteiger partial charge in [-0.15, -0.1) is 0 Å². The Morgan fingerprint density at radius 3 is 2.82 bits per heavy atom. The molecule has 0 bridgehead atoms. The first-order valence-corrected chi connectivity index (χ1v) is 6.86. The lowest BCUT2D eigenvalue weighted by atomic mass is 10.2. The Kier molecular flexibility index (Phi) is 7.04. The molecule has 0 amide bonds. The molecule has 0 aromatic rings. The van der Waals surface area contributed by atoms with Crippen LogP contribution in [0.3, 0.4) is 0 Å². The number of aliphatic hydroxyl groups excluding tert-OH is 1. The van der Waals surface area contributed by atoms with E-state index in [-0.39, 0.29) is 12.6 Å². The first kappa shape index (κ1) is 14.9. The molecule has 0 aliphatic carbocycles. The lowest BCUT2D eigenvalue weighted by molar-refractivity contribution is 0.0493. The minimum atomic E-state index is 0.172. The predicted octanol–water partition coefficient (Wildman–Crippen LogP) is 0.846. The average Bonchev–Trinajstić information content (AvgIpc) is 2.52. The second kappa shape index (κ2) is 8.03. The van der Waals surface area contributed by atoms with Gasteiger partial charge in [0.05, 0.1) is 12.7 Å². The van der Waals surface area contributed by atoms with Crippen molar-refractivity contribution in [2.24, 2.45) is 0 Å². The van der Waals surface area contributed by atoms with E-state index in [4.69, 9.17) is 4.74 Å². The van der Waals surface area contributed by atoms with Crippen LogP contribution in [0.15, 0.2) is 0 Å². The van der Waals surface area contributed by atoms with Gasteiger partial charge in [-0.05, 0) is 12.8 Å². The second-order valence-electron chi connectivity index (χ2n) is 5.22. The summed E-state index contributed by atoms with van der Waals surface area (Å²) in [7, 11) is 0. The molecule has 0 radical (unpaired) electrons. The van der Waals surface area contributed by atoms with Crippen LogP contribution in [0.4, 0.5) is 0 Å². The Labute approximate surface area is 105 Å². The SMILES string of the molecule is CCC1CN(CC(CO)NC(C)C)CCCO1. The van der Waals surface area contributed by atoms with Crippen molar-refractivity contribution in [3.05, 3.63) is 0 Å². The van der Waals surface area contributed by atoms with E-state index in [1.807, 2.05) is 0 Å². The van der Waals surface area contributed by atoms with Crippen molar-refractivity contribution in [1.29, 1.82) is 0 Å². The van der Waals surface area contributed by atoms with E-state index >= 15 is 0 Å². The first-order valence-electron chi connectivity index (χ1n) is 6.86. The number of ether oxygens (including phenoxy) is 1. The fraction of sp³-hybridized carbons (Fsp3) is 1.00. The van der Waals surface area contributed by atoms with Crippen molar-refractivity contribution in [1.82, 2.24) is 10.2 Å². The maximum Gasteiger partial charge on any atom is 0.0699 e. The zero-order valence-corrected chi connectivity index (χ0v) is 11.5. The smallest absolute Gasteiger partial charge is 0.0699 e. The number of rotatable bonds is 6. The van der Waals surface area contributed by atoms with Gasteiger partial charge in [-0.2, -0.15) is 0 Å². The van der Waals surface area contributed by atoms with Crippen molar-refractivity contribution in [3.63, 3.8) is 0 Å². The van der Waals surface area contributed by atoms with Gasteiger partial charge in [0.1, 0.15) is 0 Å². The monoisotopic (exact) mass is 244 g/mol. The molecule has 17 heavy (non-hydrogen) atoms. The van der Waals surface area contributed by atoms with Gasteiger partial charge in [-0.3, -0.25) is 4.90 Å². The number of nitrogens with zero attached hydrogens (tertiary/aromatic N) is 1. The minimum absolute atomic E-state index is 0.172. The third-order valence-corrected chi connectivity index (χ3v) is 3.16. The molecule has 2 N–H and O–H groups in total. The minimum Gasteiger partial charge on any atom is -0.395 e. The van der Waals surface area contributed by atoms with Gasteiger partial charge in [-0.25, -0.2) is 0 Å². The first-order chi connectivity index (χ1) is 8.15. The number of hydrogen-bond acceptors (Lipinski definition) is 4. The van der Waals surface area contributed by atoms with Crippen molar-refractivity contribution in [2.75, 3.05) is 32.8 Å². The van der Waals surface area contributed by atoms with Crippen molar-refractivity contribution >= 4 is 0 Å². The topological polar surface area (TPSA) is 44.7 Å². The van der Waals surface area contributed by atoms with Crippen LogP contribution in [-0.2, 0) is 4.74 Å². The normalized spacial score (nSPS) is 24.9. The number of hydrogen-bond donors (Lipinski definition) is 2. The summed E-state index contributed by atoms with van der Waals surface area (Å²) in [6.07, 6.45) is 2.52. The molecule has 4 nitrogen and oxygen atoms in total. The molecule has 0 aromatic carbocycles. The highest BCUT2D eigenvalue weighted by molar-refractivity contribution is 4.76. The van der Waals surface area contributed by atoms with E-state index in [1.54, 1.807) is 0 Å². The molecule has 1 saturated heterocycles. The summed E-state index contributed by atoms with van der Waals surface area (Å²) >= 11 is 0. The molecular formula is C13H28N2O2. The summed E-state index contributed by atoms with van der Waals surface area (Å²) in [5.74, 6) is 0. The molecule has 1 rings (SSSR count). The van der Waals surface area contributed by atoms with Crippen LogP contribution in [0.25, 0.3) is 0 Å². The molecule has 1 aliphatic heterocycles. The van der Waals surface area contributed by atoms with Gasteiger partial charge in [0.2, 0.25) is 0 Å². The Bertz CT molecular complexity index is 200. The fourth-order valence-electron chi connectivity index (χ4n) is 2.33. The Hall–Kier alpha value is -0.160. The van der Waals surface area contributed by atoms with E-state index in [0.29, 0.717) is 12.1 Å². The molecule has 2 atom stereocenters. The Balaban J connectivity index is 2.40. The lowest BCUT2D eigenvalue weighted by Gasteiger charge is -2.28. The highest BCUT2D eigenvalue weighted by atomic mass is 16.5. The zero-order chi connectivity index (χ0) is 12.7. The molecule has 2 unspecified atom stereocenters. The third-order valence-electron chi connectivity index (χ3n) is 3.16. The summed E-state index contributed by atoms with van der Waals surface area (Å²) in [6, 6.07) is 0.586. The zero-order valence-electron chi connectivity index (χ0n) is 11.5. The van der Waals surface area contributed by atoms with Gasteiger partial charge in [0.25, 0.3) is 0 Å². The molecule has 0 saturated carbocycles. The highest BCUT2D eigenvalue weighted by Gasteiger charge is 2.20. The van der Waals surface area contributed by atoms with Crippen LogP contribution in [0.2, 0.25) is 0 Å². The highest BCUT2D eigenvalue weighted by Crippen LogP contribution is 2.09. The van der Waals surface area contributed by atoms with Gasteiger partial charge < -0.3 is 15.2 Å². The molecule has 0 spiro atoms. The van der Waals surface area contributed by atoms with Crippen molar-refractivity contribution in [2.45, 2.75) is 51.8 Å². The molecule has 4 heteroatoms. The average molecular weight is 244 g/mol. The van der Waals surface area contributed by atoms with Crippen LogP contribution < -0.4 is 5.32 Å². The van der Waals surface area contributed by atoms with E-state index in [2.05, 4.69) is 31.0 Å². The third kappa shape index (κ3) is 5.82. The fourth-order valence-corrected chi connectivity index (χ4v) is 2.33. The van der Waals surface area contributed by atoms with Crippen LogP contribution in [0.1, 0.15) is 33.6 Å². The van der Waals surface area contributed by atoms with Crippen molar-refractivity contribution in [3.8, 4) is 0 Å². The van der Waals surface area contributed by atoms with Crippen LogP contribution in [0, 0.1) is 0 Å². The molecular weight excluding hydrogens is 216 g/mol. The number of aliphatic hydroxyl groups is 1. The number of nitrogens with one attached hydrogen (secondary N) is 1. The lowest BCUT2D eigenvalue weighted by Crippen LogP contribution is -2.47. The molecule has 1 heterocycles. The van der Waals surface area contributed by atoms with Gasteiger partial charge >= 0.3 is 0 Å². The predicted molar refractivity (Wildman–Crippen MR) is 70.2 cm³/mol.